The Balaban J connectivity index is 2.24. The van der Waals surface area contributed by atoms with E-state index in [1.807, 2.05) is 0 Å². The summed E-state index contributed by atoms with van der Waals surface area (Å²) >= 11 is 0. The first kappa shape index (κ1) is 15.5. The van der Waals surface area contributed by atoms with Gasteiger partial charge in [-0.1, -0.05) is 20.8 Å². The second kappa shape index (κ2) is 8.52. The van der Waals surface area contributed by atoms with E-state index in [1.165, 1.54) is 19.3 Å². The first-order valence-corrected chi connectivity index (χ1v) is 7.74. The molecule has 1 fully saturated rings. The Bertz CT molecular complexity index is 231. The normalized spacial score (nSPS) is 24.2. The van der Waals surface area contributed by atoms with Gasteiger partial charge in [-0.25, -0.2) is 0 Å². The monoisotopic (exact) mass is 254 g/mol. The molecule has 0 aromatic carbocycles. The maximum atomic E-state index is 12.0. The third-order valence-corrected chi connectivity index (χ3v) is 4.11. The van der Waals surface area contributed by atoms with E-state index in [0.717, 1.165) is 32.2 Å². The molecule has 0 saturated heterocycles. The molecule has 0 aromatic rings. The molecule has 0 spiro atoms. The van der Waals surface area contributed by atoms with Crippen LogP contribution in [0.1, 0.15) is 65.7 Å². The standard InChI is InChI=1S/C15H30N2O/c1-4-11-16-13-7-9-14(10-8-13)17-15(18)12(5-2)6-3/h12-14,16H,4-11H2,1-3H3,(H,17,18). The minimum atomic E-state index is 0.209. The lowest BCUT2D eigenvalue weighted by atomic mass is 9.90. The van der Waals surface area contributed by atoms with E-state index in [-0.39, 0.29) is 11.8 Å². The van der Waals surface area contributed by atoms with E-state index in [4.69, 9.17) is 0 Å². The average Bonchev–Trinajstić information content (AvgIpc) is 2.39. The van der Waals surface area contributed by atoms with Gasteiger partial charge in [0.2, 0.25) is 5.91 Å². The summed E-state index contributed by atoms with van der Waals surface area (Å²) in [5.41, 5.74) is 0. The van der Waals surface area contributed by atoms with Crippen molar-refractivity contribution in [2.24, 2.45) is 5.92 Å². The topological polar surface area (TPSA) is 41.1 Å². The zero-order valence-corrected chi connectivity index (χ0v) is 12.3. The lowest BCUT2D eigenvalue weighted by Gasteiger charge is -2.30. The van der Waals surface area contributed by atoms with Crippen LogP contribution in [0, 0.1) is 5.92 Å². The third-order valence-electron chi connectivity index (χ3n) is 4.11. The minimum Gasteiger partial charge on any atom is -0.353 e. The molecule has 18 heavy (non-hydrogen) atoms. The molecule has 0 radical (unpaired) electrons. The van der Waals surface area contributed by atoms with Gasteiger partial charge in [0.15, 0.2) is 0 Å². The van der Waals surface area contributed by atoms with Crippen LogP contribution in [0.2, 0.25) is 0 Å². The van der Waals surface area contributed by atoms with Gasteiger partial charge in [-0.3, -0.25) is 4.79 Å². The summed E-state index contributed by atoms with van der Waals surface area (Å²) < 4.78 is 0. The Morgan fingerprint density at radius 3 is 2.11 bits per heavy atom. The van der Waals surface area contributed by atoms with Crippen molar-refractivity contribution in [3.63, 3.8) is 0 Å². The van der Waals surface area contributed by atoms with Crippen molar-refractivity contribution in [2.45, 2.75) is 77.8 Å². The summed E-state index contributed by atoms with van der Waals surface area (Å²) in [6, 6.07) is 1.09. The molecule has 1 saturated carbocycles. The predicted octanol–water partition coefficient (Wildman–Crippen LogP) is 2.85. The van der Waals surface area contributed by atoms with Gasteiger partial charge in [-0.15, -0.1) is 0 Å². The van der Waals surface area contributed by atoms with Gasteiger partial charge in [0.1, 0.15) is 0 Å². The zero-order valence-electron chi connectivity index (χ0n) is 12.3. The molecule has 0 aliphatic heterocycles. The van der Waals surface area contributed by atoms with Gasteiger partial charge in [0.05, 0.1) is 0 Å². The second-order valence-electron chi connectivity index (χ2n) is 5.52. The van der Waals surface area contributed by atoms with Crippen LogP contribution in [0.4, 0.5) is 0 Å². The van der Waals surface area contributed by atoms with Crippen molar-refractivity contribution in [3.05, 3.63) is 0 Å². The molecule has 1 rings (SSSR count). The number of hydrogen-bond acceptors (Lipinski definition) is 2. The van der Waals surface area contributed by atoms with Crippen LogP contribution in [0.25, 0.3) is 0 Å². The highest BCUT2D eigenvalue weighted by Crippen LogP contribution is 2.19. The van der Waals surface area contributed by atoms with Crippen molar-refractivity contribution < 1.29 is 4.79 Å². The molecular weight excluding hydrogens is 224 g/mol. The number of rotatable bonds is 7. The van der Waals surface area contributed by atoms with E-state index in [1.54, 1.807) is 0 Å². The predicted molar refractivity (Wildman–Crippen MR) is 76.6 cm³/mol. The van der Waals surface area contributed by atoms with E-state index in [9.17, 15) is 4.79 Å². The molecule has 3 heteroatoms. The molecule has 2 N–H and O–H groups in total. The van der Waals surface area contributed by atoms with Gasteiger partial charge in [-0.2, -0.15) is 0 Å². The van der Waals surface area contributed by atoms with Crippen LogP contribution >= 0.6 is 0 Å². The molecule has 0 heterocycles. The molecule has 1 aliphatic carbocycles. The van der Waals surface area contributed by atoms with E-state index >= 15 is 0 Å². The number of nitrogens with one attached hydrogen (secondary N) is 2. The minimum absolute atomic E-state index is 0.209. The number of carbonyl (C=O) groups excluding carboxylic acids is 1. The fraction of sp³-hybridized carbons (Fsp3) is 0.933. The molecule has 0 atom stereocenters. The van der Waals surface area contributed by atoms with Crippen LogP contribution in [-0.2, 0) is 4.79 Å². The van der Waals surface area contributed by atoms with E-state index in [2.05, 4.69) is 31.4 Å². The largest absolute Gasteiger partial charge is 0.353 e. The first-order chi connectivity index (χ1) is 8.71. The summed E-state index contributed by atoms with van der Waals surface area (Å²) in [6.45, 7) is 7.52. The highest BCUT2D eigenvalue weighted by Gasteiger charge is 2.23. The molecule has 0 unspecified atom stereocenters. The zero-order chi connectivity index (χ0) is 13.4. The van der Waals surface area contributed by atoms with Crippen molar-refractivity contribution in [3.8, 4) is 0 Å². The van der Waals surface area contributed by atoms with Crippen molar-refractivity contribution in [1.29, 1.82) is 0 Å². The van der Waals surface area contributed by atoms with Gasteiger partial charge in [0, 0.05) is 18.0 Å². The maximum Gasteiger partial charge on any atom is 0.223 e. The first-order valence-electron chi connectivity index (χ1n) is 7.74. The van der Waals surface area contributed by atoms with Crippen LogP contribution < -0.4 is 10.6 Å². The summed E-state index contributed by atoms with van der Waals surface area (Å²) in [6.07, 6.45) is 7.78. The van der Waals surface area contributed by atoms with Crippen LogP contribution in [0.3, 0.4) is 0 Å². The lowest BCUT2D eigenvalue weighted by molar-refractivity contribution is -0.126. The van der Waals surface area contributed by atoms with Crippen LogP contribution in [0.5, 0.6) is 0 Å². The summed E-state index contributed by atoms with van der Waals surface area (Å²) in [5, 5.41) is 6.81. The molecule has 106 valence electrons. The fourth-order valence-corrected chi connectivity index (χ4v) is 2.77. The van der Waals surface area contributed by atoms with E-state index < -0.39 is 0 Å². The Morgan fingerprint density at radius 2 is 1.61 bits per heavy atom. The Kier molecular flexibility index (Phi) is 7.33. The third kappa shape index (κ3) is 4.97. The molecule has 3 nitrogen and oxygen atoms in total. The van der Waals surface area contributed by atoms with E-state index in [0.29, 0.717) is 12.1 Å². The van der Waals surface area contributed by atoms with Gasteiger partial charge in [-0.05, 0) is 51.5 Å². The second-order valence-corrected chi connectivity index (χ2v) is 5.52. The number of hydrogen-bond donors (Lipinski definition) is 2. The van der Waals surface area contributed by atoms with Crippen molar-refractivity contribution >= 4 is 5.91 Å². The summed E-state index contributed by atoms with van der Waals surface area (Å²) in [5.74, 6) is 0.478. The van der Waals surface area contributed by atoms with Gasteiger partial charge in [0.25, 0.3) is 0 Å². The van der Waals surface area contributed by atoms with Crippen molar-refractivity contribution in [2.75, 3.05) is 6.54 Å². The maximum absolute atomic E-state index is 12.0. The number of carbonyl (C=O) groups is 1. The van der Waals surface area contributed by atoms with Gasteiger partial charge >= 0.3 is 0 Å². The Morgan fingerprint density at radius 1 is 1.06 bits per heavy atom. The van der Waals surface area contributed by atoms with Crippen molar-refractivity contribution in [1.82, 2.24) is 10.6 Å². The Hall–Kier alpha value is -0.570. The smallest absolute Gasteiger partial charge is 0.223 e. The van der Waals surface area contributed by atoms with Gasteiger partial charge < -0.3 is 10.6 Å². The summed E-state index contributed by atoms with van der Waals surface area (Å²) in [7, 11) is 0. The SMILES string of the molecule is CCCNC1CCC(NC(=O)C(CC)CC)CC1. The molecule has 1 amide bonds. The lowest BCUT2D eigenvalue weighted by Crippen LogP contribution is -2.44. The number of amides is 1. The van der Waals surface area contributed by atoms with Crippen LogP contribution in [0.15, 0.2) is 0 Å². The molecule has 1 aliphatic rings. The molecule has 0 aromatic heterocycles. The average molecular weight is 254 g/mol. The highest BCUT2D eigenvalue weighted by molar-refractivity contribution is 5.78. The highest BCUT2D eigenvalue weighted by atomic mass is 16.1. The Labute approximate surface area is 112 Å². The summed E-state index contributed by atoms with van der Waals surface area (Å²) in [4.78, 5) is 12.0. The molecule has 0 bridgehead atoms. The van der Waals surface area contributed by atoms with Crippen LogP contribution in [-0.4, -0.2) is 24.5 Å². The fourth-order valence-electron chi connectivity index (χ4n) is 2.77. The molecular formula is C15H30N2O. The quantitative estimate of drug-likeness (QED) is 0.733.